The summed E-state index contributed by atoms with van der Waals surface area (Å²) in [7, 11) is 0. The highest BCUT2D eigenvalue weighted by Crippen LogP contribution is 2.25. The highest BCUT2D eigenvalue weighted by Gasteiger charge is 2.33. The molecule has 1 heterocycles. The lowest BCUT2D eigenvalue weighted by atomic mass is 9.88. The van der Waals surface area contributed by atoms with E-state index in [-0.39, 0.29) is 17.9 Å². The van der Waals surface area contributed by atoms with Gasteiger partial charge in [-0.1, -0.05) is 36.9 Å². The molecule has 1 N–H and O–H groups in total. The van der Waals surface area contributed by atoms with Crippen molar-refractivity contribution in [3.63, 3.8) is 0 Å². The topological polar surface area (TPSA) is 58.6 Å². The molecule has 0 bridgehead atoms. The van der Waals surface area contributed by atoms with Crippen LogP contribution in [0.1, 0.15) is 32.1 Å². The standard InChI is InChI=1S/C17H21ClN2O3/c18-13-7-4-8-14(9-13)20-11-15(23-17(20)22)10-19-16(21)12-5-2-1-3-6-12/h4,7-9,12,15H,1-3,5-6,10-11H2,(H,19,21). The van der Waals surface area contributed by atoms with E-state index in [9.17, 15) is 9.59 Å². The smallest absolute Gasteiger partial charge is 0.414 e. The SMILES string of the molecule is O=C(NCC1CN(c2cccc(Cl)c2)C(=O)O1)C1CCCCC1. The largest absolute Gasteiger partial charge is 0.442 e. The molecule has 1 aromatic carbocycles. The van der Waals surface area contributed by atoms with Crippen LogP contribution >= 0.6 is 11.6 Å². The van der Waals surface area contributed by atoms with E-state index in [2.05, 4.69) is 5.32 Å². The van der Waals surface area contributed by atoms with Gasteiger partial charge in [-0.25, -0.2) is 4.79 Å². The first kappa shape index (κ1) is 16.1. The predicted octanol–water partition coefficient (Wildman–Crippen LogP) is 3.36. The number of hydrogen-bond donors (Lipinski definition) is 1. The van der Waals surface area contributed by atoms with E-state index in [0.717, 1.165) is 25.7 Å². The number of ether oxygens (including phenoxy) is 1. The average molecular weight is 337 g/mol. The van der Waals surface area contributed by atoms with Gasteiger partial charge in [0.05, 0.1) is 13.1 Å². The van der Waals surface area contributed by atoms with Gasteiger partial charge in [0.25, 0.3) is 0 Å². The summed E-state index contributed by atoms with van der Waals surface area (Å²) in [5.41, 5.74) is 0.712. The van der Waals surface area contributed by atoms with E-state index in [1.165, 1.54) is 6.42 Å². The Hall–Kier alpha value is -1.75. The molecule has 0 radical (unpaired) electrons. The third-order valence-corrected chi connectivity index (χ3v) is 4.71. The Morgan fingerprint density at radius 2 is 2.09 bits per heavy atom. The van der Waals surface area contributed by atoms with Crippen molar-refractivity contribution in [1.29, 1.82) is 0 Å². The van der Waals surface area contributed by atoms with Crippen LogP contribution in [0.15, 0.2) is 24.3 Å². The van der Waals surface area contributed by atoms with E-state index >= 15 is 0 Å². The van der Waals surface area contributed by atoms with Crippen LogP contribution in [0.2, 0.25) is 5.02 Å². The molecule has 124 valence electrons. The molecule has 6 heteroatoms. The summed E-state index contributed by atoms with van der Waals surface area (Å²) in [6.07, 6.45) is 4.67. The highest BCUT2D eigenvalue weighted by atomic mass is 35.5. The summed E-state index contributed by atoms with van der Waals surface area (Å²) in [4.78, 5) is 25.7. The molecule has 1 atom stereocenters. The number of nitrogens with one attached hydrogen (secondary N) is 1. The Balaban J connectivity index is 1.52. The van der Waals surface area contributed by atoms with Crippen molar-refractivity contribution >= 4 is 29.3 Å². The van der Waals surface area contributed by atoms with Crippen molar-refractivity contribution in [1.82, 2.24) is 5.32 Å². The first-order chi connectivity index (χ1) is 11.1. The van der Waals surface area contributed by atoms with Crippen molar-refractivity contribution < 1.29 is 14.3 Å². The summed E-state index contributed by atoms with van der Waals surface area (Å²) in [5, 5.41) is 3.50. The zero-order valence-corrected chi connectivity index (χ0v) is 13.7. The second kappa shape index (κ2) is 7.21. The maximum absolute atomic E-state index is 12.1. The third kappa shape index (κ3) is 3.96. The van der Waals surface area contributed by atoms with Crippen LogP contribution in [-0.4, -0.2) is 31.2 Å². The lowest BCUT2D eigenvalue weighted by Gasteiger charge is -2.21. The van der Waals surface area contributed by atoms with Gasteiger partial charge in [-0.05, 0) is 31.0 Å². The van der Waals surface area contributed by atoms with E-state index in [1.807, 2.05) is 6.07 Å². The molecule has 0 aromatic heterocycles. The Kier molecular flexibility index (Phi) is 5.06. The molecule has 1 aliphatic heterocycles. The zero-order chi connectivity index (χ0) is 16.2. The summed E-state index contributed by atoms with van der Waals surface area (Å²) < 4.78 is 5.34. The van der Waals surface area contributed by atoms with E-state index in [4.69, 9.17) is 16.3 Å². The molecule has 1 saturated carbocycles. The molecule has 1 unspecified atom stereocenters. The summed E-state index contributed by atoms with van der Waals surface area (Å²) >= 11 is 5.96. The van der Waals surface area contributed by atoms with Gasteiger partial charge in [0.2, 0.25) is 5.91 Å². The minimum Gasteiger partial charge on any atom is -0.442 e. The van der Waals surface area contributed by atoms with E-state index in [1.54, 1.807) is 23.1 Å². The Morgan fingerprint density at radius 1 is 1.30 bits per heavy atom. The van der Waals surface area contributed by atoms with Crippen LogP contribution in [0.3, 0.4) is 0 Å². The van der Waals surface area contributed by atoms with Gasteiger partial charge in [0.1, 0.15) is 6.10 Å². The van der Waals surface area contributed by atoms with Gasteiger partial charge in [0.15, 0.2) is 0 Å². The number of cyclic esters (lactones) is 1. The second-order valence-electron chi connectivity index (χ2n) is 6.18. The van der Waals surface area contributed by atoms with E-state index < -0.39 is 6.09 Å². The van der Waals surface area contributed by atoms with Crippen molar-refractivity contribution in [2.45, 2.75) is 38.2 Å². The van der Waals surface area contributed by atoms with Crippen LogP contribution in [0.25, 0.3) is 0 Å². The fourth-order valence-corrected chi connectivity index (χ4v) is 3.39. The minimum absolute atomic E-state index is 0.0851. The highest BCUT2D eigenvalue weighted by molar-refractivity contribution is 6.30. The maximum Gasteiger partial charge on any atom is 0.414 e. The van der Waals surface area contributed by atoms with Crippen molar-refractivity contribution in [3.05, 3.63) is 29.3 Å². The molecule has 5 nitrogen and oxygen atoms in total. The van der Waals surface area contributed by atoms with E-state index in [0.29, 0.717) is 23.8 Å². The van der Waals surface area contributed by atoms with Crippen LogP contribution < -0.4 is 10.2 Å². The number of hydrogen-bond acceptors (Lipinski definition) is 3. The molecule has 0 spiro atoms. The number of carbonyl (C=O) groups is 2. The first-order valence-corrected chi connectivity index (χ1v) is 8.53. The number of nitrogens with zero attached hydrogens (tertiary/aromatic N) is 1. The average Bonchev–Trinajstić information content (AvgIpc) is 2.94. The summed E-state index contributed by atoms with van der Waals surface area (Å²) in [6.45, 7) is 0.780. The van der Waals surface area contributed by atoms with Crippen LogP contribution in [-0.2, 0) is 9.53 Å². The summed E-state index contributed by atoms with van der Waals surface area (Å²) in [6, 6.07) is 7.10. The Bertz CT molecular complexity index is 587. The maximum atomic E-state index is 12.1. The van der Waals surface area contributed by atoms with Crippen LogP contribution in [0, 0.1) is 5.92 Å². The number of carbonyl (C=O) groups excluding carboxylic acids is 2. The normalized spacial score (nSPS) is 22.0. The quantitative estimate of drug-likeness (QED) is 0.917. The van der Waals surface area contributed by atoms with Gasteiger partial charge in [-0.2, -0.15) is 0 Å². The first-order valence-electron chi connectivity index (χ1n) is 8.15. The third-order valence-electron chi connectivity index (χ3n) is 4.47. The van der Waals surface area contributed by atoms with Crippen LogP contribution in [0.4, 0.5) is 10.5 Å². The molecular formula is C17H21ClN2O3. The predicted molar refractivity (Wildman–Crippen MR) is 88.7 cm³/mol. The molecule has 1 saturated heterocycles. The Morgan fingerprint density at radius 3 is 2.83 bits per heavy atom. The number of rotatable bonds is 4. The molecule has 1 aliphatic carbocycles. The lowest BCUT2D eigenvalue weighted by Crippen LogP contribution is -2.38. The summed E-state index contributed by atoms with van der Waals surface area (Å²) in [5.74, 6) is 0.201. The van der Waals surface area contributed by atoms with Crippen molar-refractivity contribution in [2.75, 3.05) is 18.0 Å². The molecule has 23 heavy (non-hydrogen) atoms. The monoisotopic (exact) mass is 336 g/mol. The van der Waals surface area contributed by atoms with Gasteiger partial charge in [-0.3, -0.25) is 9.69 Å². The zero-order valence-electron chi connectivity index (χ0n) is 13.0. The minimum atomic E-state index is -0.399. The molecule has 2 amide bonds. The molecule has 2 fully saturated rings. The fraction of sp³-hybridized carbons (Fsp3) is 0.529. The number of anilines is 1. The number of benzene rings is 1. The van der Waals surface area contributed by atoms with Crippen molar-refractivity contribution in [2.24, 2.45) is 5.92 Å². The lowest BCUT2D eigenvalue weighted by molar-refractivity contribution is -0.126. The molecule has 1 aromatic rings. The van der Waals surface area contributed by atoms with Gasteiger partial charge >= 0.3 is 6.09 Å². The molecular weight excluding hydrogens is 316 g/mol. The Labute approximate surface area is 140 Å². The second-order valence-corrected chi connectivity index (χ2v) is 6.61. The fourth-order valence-electron chi connectivity index (χ4n) is 3.21. The van der Waals surface area contributed by atoms with Gasteiger partial charge in [-0.15, -0.1) is 0 Å². The van der Waals surface area contributed by atoms with Gasteiger partial charge in [0, 0.05) is 16.6 Å². The van der Waals surface area contributed by atoms with Crippen LogP contribution in [0.5, 0.6) is 0 Å². The van der Waals surface area contributed by atoms with Gasteiger partial charge < -0.3 is 10.1 Å². The van der Waals surface area contributed by atoms with Crippen molar-refractivity contribution in [3.8, 4) is 0 Å². The molecule has 3 rings (SSSR count). The number of amides is 2. The molecule has 2 aliphatic rings. The number of halogens is 1.